The van der Waals surface area contributed by atoms with Crippen molar-refractivity contribution in [2.24, 2.45) is 10.4 Å². The third-order valence-electron chi connectivity index (χ3n) is 7.87. The lowest BCUT2D eigenvalue weighted by Crippen LogP contribution is -2.53. The van der Waals surface area contributed by atoms with Gasteiger partial charge in [-0.15, -0.1) is 0 Å². The highest BCUT2D eigenvalue weighted by atomic mass is 19.4. The number of pyridine rings is 1. The van der Waals surface area contributed by atoms with Gasteiger partial charge in [-0.2, -0.15) is 13.2 Å². The van der Waals surface area contributed by atoms with Crippen LogP contribution in [0.3, 0.4) is 0 Å². The first kappa shape index (κ1) is 22.9. The first-order valence-electron chi connectivity index (χ1n) is 11.8. The van der Waals surface area contributed by atoms with E-state index in [2.05, 4.69) is 46.4 Å². The molecule has 1 saturated heterocycles. The first-order chi connectivity index (χ1) is 16.2. The maximum atomic E-state index is 13.5. The van der Waals surface area contributed by atoms with E-state index in [1.54, 1.807) is 6.92 Å². The Labute approximate surface area is 197 Å². The summed E-state index contributed by atoms with van der Waals surface area (Å²) in [6.45, 7) is 5.37. The minimum atomic E-state index is -4.58. The molecule has 5 rings (SSSR count). The van der Waals surface area contributed by atoms with Crippen LogP contribution < -0.4 is 5.32 Å². The summed E-state index contributed by atoms with van der Waals surface area (Å²) in [7, 11) is 0. The van der Waals surface area contributed by atoms with Crippen LogP contribution in [0, 0.1) is 5.41 Å². The molecule has 1 aliphatic carbocycles. The maximum Gasteiger partial charge on any atom is 0.434 e. The number of hydrogen-bond acceptors (Lipinski definition) is 5. The van der Waals surface area contributed by atoms with Crippen LogP contribution >= 0.6 is 0 Å². The predicted octanol–water partition coefficient (Wildman–Crippen LogP) is 4.59. The Morgan fingerprint density at radius 2 is 1.88 bits per heavy atom. The van der Waals surface area contributed by atoms with Crippen molar-refractivity contribution in [1.29, 1.82) is 0 Å². The van der Waals surface area contributed by atoms with Crippen LogP contribution in [-0.2, 0) is 12.6 Å². The zero-order valence-electron chi connectivity index (χ0n) is 19.4. The number of hydrogen-bond donors (Lipinski definition) is 2. The van der Waals surface area contributed by atoms with E-state index >= 15 is 0 Å². The fourth-order valence-corrected chi connectivity index (χ4v) is 5.94. The summed E-state index contributed by atoms with van der Waals surface area (Å²) in [5.74, 6) is 1.18. The fraction of sp³-hybridized carbons (Fsp3) is 0.462. The standard InChI is InChI=1S/C26H29F3N4O/c1-16-19-7-4-3-6-18(19)14-25(16)9-12-33(13-10-25)24-21(15-34)32-22(17(2)31-24)20-8-5-11-30-23(20)26(27,28)29/h3-8,11,16,21,32,34H,9-10,12-15H2,1-2H3/t16-,21?/m1/s1. The van der Waals surface area contributed by atoms with Crippen molar-refractivity contribution in [3.8, 4) is 0 Å². The molecule has 3 aliphatic rings. The van der Waals surface area contributed by atoms with Gasteiger partial charge in [-0.1, -0.05) is 31.2 Å². The average Bonchev–Trinajstić information content (AvgIpc) is 3.10. The van der Waals surface area contributed by atoms with Gasteiger partial charge in [0.1, 0.15) is 11.9 Å². The number of amidine groups is 1. The average molecular weight is 471 g/mol. The SMILES string of the molecule is CC1=C(c2cccnc2C(F)(F)F)NC(CO)C(N2CCC3(CC2)Cc2ccccc2[C@H]3C)=N1. The van der Waals surface area contributed by atoms with Crippen molar-refractivity contribution in [3.63, 3.8) is 0 Å². The van der Waals surface area contributed by atoms with Gasteiger partial charge in [-0.25, -0.2) is 4.99 Å². The van der Waals surface area contributed by atoms with Crippen LogP contribution in [0.5, 0.6) is 0 Å². The summed E-state index contributed by atoms with van der Waals surface area (Å²) in [5.41, 5.74) is 2.82. The van der Waals surface area contributed by atoms with Crippen molar-refractivity contribution in [2.75, 3.05) is 19.7 Å². The zero-order valence-corrected chi connectivity index (χ0v) is 19.4. The summed E-state index contributed by atoms with van der Waals surface area (Å²) in [6.07, 6.45) is -0.348. The van der Waals surface area contributed by atoms with Gasteiger partial charge in [0.2, 0.25) is 0 Å². The topological polar surface area (TPSA) is 60.8 Å². The first-order valence-corrected chi connectivity index (χ1v) is 11.8. The number of piperidine rings is 1. The molecule has 0 bridgehead atoms. The summed E-state index contributed by atoms with van der Waals surface area (Å²) >= 11 is 0. The van der Waals surface area contributed by atoms with E-state index in [4.69, 9.17) is 4.99 Å². The van der Waals surface area contributed by atoms with Gasteiger partial charge < -0.3 is 15.3 Å². The Hall–Kier alpha value is -2.87. The Balaban J connectivity index is 1.40. The van der Waals surface area contributed by atoms with Crippen LogP contribution in [0.4, 0.5) is 13.2 Å². The van der Waals surface area contributed by atoms with E-state index in [1.807, 2.05) is 0 Å². The number of fused-ring (bicyclic) bond motifs is 1. The number of likely N-dealkylation sites (tertiary alicyclic amines) is 1. The molecule has 3 heterocycles. The molecule has 5 nitrogen and oxygen atoms in total. The fourth-order valence-electron chi connectivity index (χ4n) is 5.94. The van der Waals surface area contributed by atoms with Crippen LogP contribution in [0.1, 0.15) is 55.0 Å². The normalized spacial score (nSPS) is 24.2. The minimum Gasteiger partial charge on any atom is -0.394 e. The molecule has 1 fully saturated rings. The van der Waals surface area contributed by atoms with Crippen molar-refractivity contribution in [1.82, 2.24) is 15.2 Å². The molecular weight excluding hydrogens is 441 g/mol. The van der Waals surface area contributed by atoms with E-state index in [1.165, 1.54) is 23.3 Å². The lowest BCUT2D eigenvalue weighted by molar-refractivity contribution is -0.141. The number of aliphatic hydroxyl groups is 1. The molecule has 34 heavy (non-hydrogen) atoms. The van der Waals surface area contributed by atoms with Gasteiger partial charge in [0.25, 0.3) is 0 Å². The molecule has 2 N–H and O–H groups in total. The van der Waals surface area contributed by atoms with E-state index in [9.17, 15) is 18.3 Å². The molecule has 1 spiro atoms. The molecule has 8 heteroatoms. The smallest absolute Gasteiger partial charge is 0.394 e. The molecule has 2 atom stereocenters. The van der Waals surface area contributed by atoms with Gasteiger partial charge in [-0.05, 0) is 60.8 Å². The summed E-state index contributed by atoms with van der Waals surface area (Å²) in [5, 5.41) is 13.2. The molecule has 1 aromatic heterocycles. The zero-order chi connectivity index (χ0) is 24.1. The van der Waals surface area contributed by atoms with Gasteiger partial charge in [0.15, 0.2) is 5.69 Å². The minimum absolute atomic E-state index is 0.0520. The molecule has 0 radical (unpaired) electrons. The highest BCUT2D eigenvalue weighted by molar-refractivity contribution is 5.93. The second-order valence-electron chi connectivity index (χ2n) is 9.65. The highest BCUT2D eigenvalue weighted by Crippen LogP contribution is 2.53. The van der Waals surface area contributed by atoms with E-state index in [0.29, 0.717) is 17.5 Å². The van der Waals surface area contributed by atoms with Crippen LogP contribution in [0.15, 0.2) is 53.3 Å². The number of nitrogens with one attached hydrogen (secondary N) is 1. The second-order valence-corrected chi connectivity index (χ2v) is 9.65. The molecule has 180 valence electrons. The van der Waals surface area contributed by atoms with E-state index in [0.717, 1.165) is 38.5 Å². The summed E-state index contributed by atoms with van der Waals surface area (Å²) in [6, 6.07) is 11.0. The number of rotatable bonds is 2. The highest BCUT2D eigenvalue weighted by Gasteiger charge is 2.46. The second kappa shape index (κ2) is 8.41. The largest absolute Gasteiger partial charge is 0.434 e. The number of alkyl halides is 3. The number of allylic oxidation sites excluding steroid dienone is 1. The quantitative estimate of drug-likeness (QED) is 0.674. The number of nitrogens with zero attached hydrogens (tertiary/aromatic N) is 3. The van der Waals surface area contributed by atoms with Crippen molar-refractivity contribution in [3.05, 3.63) is 70.7 Å². The molecule has 0 amide bonds. The third-order valence-corrected chi connectivity index (χ3v) is 7.87. The van der Waals surface area contributed by atoms with Crippen molar-refractivity contribution >= 4 is 11.5 Å². The number of halogens is 3. The molecule has 1 aromatic carbocycles. The number of benzene rings is 1. The number of aromatic nitrogens is 1. The van der Waals surface area contributed by atoms with Crippen LogP contribution in [0.25, 0.3) is 5.70 Å². The monoisotopic (exact) mass is 470 g/mol. The molecule has 2 aliphatic heterocycles. The lowest BCUT2D eigenvalue weighted by atomic mass is 9.70. The Kier molecular flexibility index (Phi) is 5.67. The summed E-state index contributed by atoms with van der Waals surface area (Å²) < 4.78 is 40.6. The summed E-state index contributed by atoms with van der Waals surface area (Å²) in [4.78, 5) is 10.5. The Morgan fingerprint density at radius 3 is 2.56 bits per heavy atom. The van der Waals surface area contributed by atoms with Gasteiger partial charge in [-0.3, -0.25) is 4.98 Å². The van der Waals surface area contributed by atoms with Crippen molar-refractivity contribution < 1.29 is 18.3 Å². The van der Waals surface area contributed by atoms with Gasteiger partial charge in [0.05, 0.1) is 18.0 Å². The Morgan fingerprint density at radius 1 is 1.15 bits per heavy atom. The lowest BCUT2D eigenvalue weighted by Gasteiger charge is -2.45. The molecule has 1 unspecified atom stereocenters. The number of aliphatic hydroxyl groups excluding tert-OH is 1. The van der Waals surface area contributed by atoms with Crippen LogP contribution in [-0.4, -0.2) is 46.6 Å². The van der Waals surface area contributed by atoms with E-state index < -0.39 is 17.9 Å². The maximum absolute atomic E-state index is 13.5. The Bertz CT molecular complexity index is 1150. The van der Waals surface area contributed by atoms with Crippen LogP contribution in [0.2, 0.25) is 0 Å². The van der Waals surface area contributed by atoms with Crippen molar-refractivity contribution in [2.45, 2.75) is 51.2 Å². The molecular formula is C26H29F3N4O. The molecule has 2 aromatic rings. The van der Waals surface area contributed by atoms with E-state index in [-0.39, 0.29) is 23.3 Å². The van der Waals surface area contributed by atoms with Gasteiger partial charge >= 0.3 is 6.18 Å². The van der Waals surface area contributed by atoms with Gasteiger partial charge in [0, 0.05) is 24.8 Å². The molecule has 0 saturated carbocycles. The third kappa shape index (κ3) is 3.78. The predicted molar refractivity (Wildman–Crippen MR) is 125 cm³/mol. The number of aliphatic imine (C=N–C) groups is 1.